The maximum absolute atomic E-state index is 8.86. The number of halogens is 2. The molecule has 0 saturated heterocycles. The summed E-state index contributed by atoms with van der Waals surface area (Å²) in [6.07, 6.45) is 4.96. The maximum atomic E-state index is 8.86. The third-order valence-corrected chi connectivity index (χ3v) is 4.35. The van der Waals surface area contributed by atoms with Gasteiger partial charge in [0.1, 0.15) is 23.4 Å². The van der Waals surface area contributed by atoms with Crippen LogP contribution >= 0.6 is 23.2 Å². The Bertz CT molecular complexity index is 1120. The number of nitrogens with zero attached hydrogens (tertiary/aromatic N) is 5. The van der Waals surface area contributed by atoms with Gasteiger partial charge in [0.05, 0.1) is 26.5 Å². The molecular weight excluding hydrogens is 371 g/mol. The van der Waals surface area contributed by atoms with Gasteiger partial charge in [-0.1, -0.05) is 29.3 Å². The number of pyridine rings is 2. The summed E-state index contributed by atoms with van der Waals surface area (Å²) >= 11 is 12.6. The third-order valence-electron chi connectivity index (χ3n) is 3.74. The zero-order chi connectivity index (χ0) is 18.1. The highest BCUT2D eigenvalue weighted by molar-refractivity contribution is 6.37. The Morgan fingerprint density at radius 1 is 1.04 bits per heavy atom. The molecule has 3 aromatic heterocycles. The van der Waals surface area contributed by atoms with Crippen molar-refractivity contribution in [2.75, 3.05) is 5.32 Å². The predicted octanol–water partition coefficient (Wildman–Crippen LogP) is 4.74. The number of benzene rings is 1. The van der Waals surface area contributed by atoms with E-state index in [4.69, 9.17) is 28.5 Å². The van der Waals surface area contributed by atoms with E-state index in [9.17, 15) is 0 Å². The van der Waals surface area contributed by atoms with E-state index in [1.54, 1.807) is 53.5 Å². The van der Waals surface area contributed by atoms with Gasteiger partial charge in [0.2, 0.25) is 0 Å². The van der Waals surface area contributed by atoms with Crippen LogP contribution in [0.5, 0.6) is 0 Å². The van der Waals surface area contributed by atoms with Crippen LogP contribution in [-0.4, -0.2) is 19.7 Å². The first-order valence-electron chi connectivity index (χ1n) is 7.57. The first kappa shape index (κ1) is 16.3. The van der Waals surface area contributed by atoms with E-state index in [1.807, 2.05) is 6.07 Å². The topological polar surface area (TPSA) is 79.4 Å². The molecule has 4 rings (SSSR count). The number of hydrogen-bond donors (Lipinski definition) is 1. The summed E-state index contributed by atoms with van der Waals surface area (Å²) in [4.78, 5) is 8.56. The van der Waals surface area contributed by atoms with E-state index >= 15 is 0 Å². The predicted molar refractivity (Wildman–Crippen MR) is 101 cm³/mol. The van der Waals surface area contributed by atoms with Crippen LogP contribution in [0.1, 0.15) is 5.56 Å². The van der Waals surface area contributed by atoms with Crippen molar-refractivity contribution in [3.8, 4) is 11.8 Å². The van der Waals surface area contributed by atoms with E-state index in [0.29, 0.717) is 32.9 Å². The lowest BCUT2D eigenvalue weighted by atomic mass is 10.3. The summed E-state index contributed by atoms with van der Waals surface area (Å²) in [5.41, 5.74) is 1.82. The number of anilines is 2. The highest BCUT2D eigenvalue weighted by Crippen LogP contribution is 2.30. The molecule has 0 aliphatic rings. The average molecular weight is 381 g/mol. The quantitative estimate of drug-likeness (QED) is 0.555. The highest BCUT2D eigenvalue weighted by atomic mass is 35.5. The zero-order valence-electron chi connectivity index (χ0n) is 13.2. The standard InChI is InChI=1S/C18H10Cl2N6/c19-13-2-1-3-14(20)17(13)26-10-12-15(25-26)6-7-22-18(12)24-16-5-4-11(8-21)9-23-16/h1-7,9-10H,(H,22,23,24). The molecule has 0 fully saturated rings. The Morgan fingerprint density at radius 3 is 2.54 bits per heavy atom. The average Bonchev–Trinajstić information content (AvgIpc) is 3.07. The van der Waals surface area contributed by atoms with Crippen LogP contribution in [0.3, 0.4) is 0 Å². The van der Waals surface area contributed by atoms with Crippen LogP contribution < -0.4 is 5.32 Å². The lowest BCUT2D eigenvalue weighted by Gasteiger charge is -2.06. The van der Waals surface area contributed by atoms with Crippen molar-refractivity contribution < 1.29 is 0 Å². The molecule has 126 valence electrons. The number of hydrogen-bond acceptors (Lipinski definition) is 5. The minimum absolute atomic E-state index is 0.489. The zero-order valence-corrected chi connectivity index (χ0v) is 14.7. The van der Waals surface area contributed by atoms with E-state index in [0.717, 1.165) is 10.9 Å². The number of nitrogens with one attached hydrogen (secondary N) is 1. The molecule has 0 aliphatic carbocycles. The number of para-hydroxylation sites is 1. The number of aromatic nitrogens is 4. The van der Waals surface area contributed by atoms with Crippen LogP contribution in [0.2, 0.25) is 10.0 Å². The Balaban J connectivity index is 1.77. The fourth-order valence-corrected chi connectivity index (χ4v) is 3.09. The van der Waals surface area contributed by atoms with Crippen LogP contribution in [-0.2, 0) is 0 Å². The van der Waals surface area contributed by atoms with Crippen molar-refractivity contribution >= 4 is 45.7 Å². The molecule has 8 heteroatoms. The first-order valence-corrected chi connectivity index (χ1v) is 8.33. The van der Waals surface area contributed by atoms with Crippen LogP contribution in [0.25, 0.3) is 16.6 Å². The summed E-state index contributed by atoms with van der Waals surface area (Å²) in [6, 6.07) is 12.5. The molecule has 4 aromatic rings. The molecule has 0 atom stereocenters. The van der Waals surface area contributed by atoms with Gasteiger partial charge in [-0.15, -0.1) is 0 Å². The van der Waals surface area contributed by atoms with E-state index in [2.05, 4.69) is 20.4 Å². The molecule has 0 aliphatic heterocycles. The fraction of sp³-hybridized carbons (Fsp3) is 0. The molecule has 0 bridgehead atoms. The van der Waals surface area contributed by atoms with Gasteiger partial charge in [0.25, 0.3) is 0 Å². The smallest absolute Gasteiger partial charge is 0.142 e. The lowest BCUT2D eigenvalue weighted by molar-refractivity contribution is 0.897. The number of nitriles is 1. The minimum atomic E-state index is 0.489. The van der Waals surface area contributed by atoms with Gasteiger partial charge < -0.3 is 5.32 Å². The van der Waals surface area contributed by atoms with E-state index < -0.39 is 0 Å². The second kappa shape index (κ2) is 6.64. The lowest BCUT2D eigenvalue weighted by Crippen LogP contribution is -1.96. The van der Waals surface area contributed by atoms with Crippen molar-refractivity contribution in [1.29, 1.82) is 5.26 Å². The Kier molecular flexibility index (Phi) is 4.17. The molecule has 0 saturated carbocycles. The summed E-state index contributed by atoms with van der Waals surface area (Å²) in [7, 11) is 0. The molecule has 0 amide bonds. The van der Waals surface area contributed by atoms with E-state index in [1.165, 1.54) is 6.20 Å². The van der Waals surface area contributed by atoms with Crippen LogP contribution in [0.15, 0.2) is 55.0 Å². The summed E-state index contributed by atoms with van der Waals surface area (Å²) in [5, 5.41) is 18.3. The SMILES string of the molecule is N#Cc1ccc(Nc2nccc3nn(-c4c(Cl)cccc4Cl)cc23)nc1. The molecule has 3 heterocycles. The van der Waals surface area contributed by atoms with Crippen LogP contribution in [0.4, 0.5) is 11.6 Å². The van der Waals surface area contributed by atoms with Crippen molar-refractivity contribution in [3.05, 3.63) is 70.6 Å². The van der Waals surface area contributed by atoms with E-state index in [-0.39, 0.29) is 0 Å². The van der Waals surface area contributed by atoms with Crippen molar-refractivity contribution in [2.24, 2.45) is 0 Å². The van der Waals surface area contributed by atoms with Crippen molar-refractivity contribution in [3.63, 3.8) is 0 Å². The summed E-state index contributed by atoms with van der Waals surface area (Å²) in [5.74, 6) is 1.17. The third kappa shape index (κ3) is 2.94. The Morgan fingerprint density at radius 2 is 1.85 bits per heavy atom. The minimum Gasteiger partial charge on any atom is -0.324 e. The second-order valence-corrected chi connectivity index (χ2v) is 6.22. The molecule has 6 nitrogen and oxygen atoms in total. The first-order chi connectivity index (χ1) is 12.7. The van der Waals surface area contributed by atoms with Crippen LogP contribution in [0, 0.1) is 11.3 Å². The molecule has 0 spiro atoms. The van der Waals surface area contributed by atoms with Crippen molar-refractivity contribution in [2.45, 2.75) is 0 Å². The van der Waals surface area contributed by atoms with Gasteiger partial charge in [0.15, 0.2) is 0 Å². The molecule has 0 unspecified atom stereocenters. The molecule has 1 N–H and O–H groups in total. The Hall–Kier alpha value is -3.14. The van der Waals surface area contributed by atoms with Gasteiger partial charge in [-0.3, -0.25) is 0 Å². The summed E-state index contributed by atoms with van der Waals surface area (Å²) in [6.45, 7) is 0. The normalized spacial score (nSPS) is 10.7. The molecule has 1 aromatic carbocycles. The van der Waals surface area contributed by atoms with Gasteiger partial charge in [0, 0.05) is 18.6 Å². The van der Waals surface area contributed by atoms with Gasteiger partial charge in [-0.25, -0.2) is 14.6 Å². The molecule has 26 heavy (non-hydrogen) atoms. The van der Waals surface area contributed by atoms with Gasteiger partial charge in [-0.05, 0) is 30.3 Å². The highest BCUT2D eigenvalue weighted by Gasteiger charge is 2.13. The van der Waals surface area contributed by atoms with Gasteiger partial charge >= 0.3 is 0 Å². The second-order valence-electron chi connectivity index (χ2n) is 5.41. The molecule has 0 radical (unpaired) electrons. The summed E-state index contributed by atoms with van der Waals surface area (Å²) < 4.78 is 1.63. The largest absolute Gasteiger partial charge is 0.324 e. The monoisotopic (exact) mass is 380 g/mol. The number of fused-ring (bicyclic) bond motifs is 1. The van der Waals surface area contributed by atoms with Crippen molar-refractivity contribution in [1.82, 2.24) is 19.7 Å². The Labute approximate surface area is 158 Å². The molecular formula is C18H10Cl2N6. The maximum Gasteiger partial charge on any atom is 0.142 e. The number of rotatable bonds is 3. The fourth-order valence-electron chi connectivity index (χ4n) is 2.52. The van der Waals surface area contributed by atoms with Gasteiger partial charge in [-0.2, -0.15) is 10.4 Å².